The van der Waals surface area contributed by atoms with E-state index in [9.17, 15) is 19.3 Å². The maximum absolute atomic E-state index is 13.8. The van der Waals surface area contributed by atoms with Crippen molar-refractivity contribution in [2.45, 2.75) is 0 Å². The minimum atomic E-state index is -1.13. The number of nitrogens with zero attached hydrogens (tertiary/aromatic N) is 2. The fraction of sp³-hybridized carbons (Fsp3) is 0.364. The van der Waals surface area contributed by atoms with Crippen LogP contribution in [0.1, 0.15) is 0 Å². The van der Waals surface area contributed by atoms with Gasteiger partial charge in [0.25, 0.3) is 5.69 Å². The van der Waals surface area contributed by atoms with Gasteiger partial charge in [0.2, 0.25) is 0 Å². The summed E-state index contributed by atoms with van der Waals surface area (Å²) in [6, 6.07) is 3.07. The van der Waals surface area contributed by atoms with Crippen LogP contribution in [-0.4, -0.2) is 42.8 Å². The van der Waals surface area contributed by atoms with Crippen LogP contribution in [0.2, 0.25) is 0 Å². The van der Waals surface area contributed by atoms with Crippen molar-refractivity contribution in [2.75, 3.05) is 31.7 Å². The molecule has 0 saturated carbocycles. The van der Waals surface area contributed by atoms with E-state index in [1.807, 2.05) is 0 Å². The fourth-order valence-electron chi connectivity index (χ4n) is 1.52. The number of hydrogen-bond donors (Lipinski definition) is 1. The van der Waals surface area contributed by atoms with Crippen molar-refractivity contribution in [2.24, 2.45) is 0 Å². The number of carbonyl (C=O) groups is 1. The molecule has 0 spiro atoms. The van der Waals surface area contributed by atoms with E-state index in [1.165, 1.54) is 18.1 Å². The third kappa shape index (κ3) is 4.18. The molecule has 0 radical (unpaired) electrons. The van der Waals surface area contributed by atoms with E-state index in [1.54, 1.807) is 0 Å². The molecule has 8 heteroatoms. The normalized spacial score (nSPS) is 10.2. The standard InChI is InChI=1S/C11H13FN2O5/c1-19-5-4-13(7-11(15)16)10-3-2-8(14(17)18)6-9(10)12/h2-3,6H,4-5,7H2,1H3,(H,15,16). The minimum Gasteiger partial charge on any atom is -0.480 e. The third-order valence-electron chi connectivity index (χ3n) is 2.37. The van der Waals surface area contributed by atoms with E-state index in [2.05, 4.69) is 0 Å². The maximum atomic E-state index is 13.8. The average Bonchev–Trinajstić information content (AvgIpc) is 2.34. The monoisotopic (exact) mass is 272 g/mol. The number of rotatable bonds is 7. The highest BCUT2D eigenvalue weighted by Gasteiger charge is 2.17. The lowest BCUT2D eigenvalue weighted by molar-refractivity contribution is -0.385. The quantitative estimate of drug-likeness (QED) is 0.593. The third-order valence-corrected chi connectivity index (χ3v) is 2.37. The number of benzene rings is 1. The predicted octanol–water partition coefficient (Wildman–Crippen LogP) is 1.27. The largest absolute Gasteiger partial charge is 0.480 e. The van der Waals surface area contributed by atoms with Gasteiger partial charge in [-0.3, -0.25) is 14.9 Å². The Kier molecular flexibility index (Phi) is 5.19. The lowest BCUT2D eigenvalue weighted by Gasteiger charge is -2.22. The number of nitro benzene ring substituents is 1. The molecule has 1 aromatic rings. The summed E-state index contributed by atoms with van der Waals surface area (Å²) in [6.45, 7) is -0.0423. The van der Waals surface area contributed by atoms with Gasteiger partial charge in [-0.05, 0) is 6.07 Å². The molecule has 0 atom stereocenters. The topological polar surface area (TPSA) is 92.9 Å². The summed E-state index contributed by atoms with van der Waals surface area (Å²) in [4.78, 5) is 21.7. The molecular formula is C11H13FN2O5. The molecule has 0 amide bonds. The number of anilines is 1. The Hall–Kier alpha value is -2.22. The molecular weight excluding hydrogens is 259 g/mol. The Balaban J connectivity index is 3.00. The lowest BCUT2D eigenvalue weighted by Crippen LogP contribution is -2.33. The molecule has 0 aliphatic carbocycles. The molecule has 0 fully saturated rings. The Labute approximate surface area is 108 Å². The summed E-state index contributed by atoms with van der Waals surface area (Å²) in [5, 5.41) is 19.3. The van der Waals surface area contributed by atoms with E-state index >= 15 is 0 Å². The summed E-state index contributed by atoms with van der Waals surface area (Å²) in [5.41, 5.74) is -0.395. The highest BCUT2D eigenvalue weighted by Crippen LogP contribution is 2.23. The van der Waals surface area contributed by atoms with Crippen LogP contribution < -0.4 is 4.90 Å². The zero-order chi connectivity index (χ0) is 14.4. The van der Waals surface area contributed by atoms with Gasteiger partial charge in [-0.2, -0.15) is 0 Å². The first-order chi connectivity index (χ1) is 8.95. The van der Waals surface area contributed by atoms with Crippen LogP contribution in [0.25, 0.3) is 0 Å². The molecule has 104 valence electrons. The van der Waals surface area contributed by atoms with Crippen molar-refractivity contribution in [3.8, 4) is 0 Å². The molecule has 0 bridgehead atoms. The van der Waals surface area contributed by atoms with Gasteiger partial charge in [0.15, 0.2) is 5.82 Å². The number of methoxy groups -OCH3 is 1. The highest BCUT2D eigenvalue weighted by molar-refractivity contribution is 5.74. The molecule has 1 rings (SSSR count). The van der Waals surface area contributed by atoms with Gasteiger partial charge < -0.3 is 14.7 Å². The van der Waals surface area contributed by atoms with Crippen molar-refractivity contribution in [3.63, 3.8) is 0 Å². The summed E-state index contributed by atoms with van der Waals surface area (Å²) < 4.78 is 18.6. The Bertz CT molecular complexity index is 480. The first-order valence-corrected chi connectivity index (χ1v) is 5.35. The van der Waals surface area contributed by atoms with E-state index < -0.39 is 23.3 Å². The molecule has 0 aliphatic heterocycles. The predicted molar refractivity (Wildman–Crippen MR) is 64.8 cm³/mol. The second-order valence-electron chi connectivity index (χ2n) is 3.70. The molecule has 0 aliphatic rings. The van der Waals surface area contributed by atoms with Crippen LogP contribution in [0.15, 0.2) is 18.2 Å². The van der Waals surface area contributed by atoms with E-state index in [-0.39, 0.29) is 24.5 Å². The van der Waals surface area contributed by atoms with Gasteiger partial charge in [-0.15, -0.1) is 0 Å². The number of carboxylic acids is 1. The zero-order valence-electron chi connectivity index (χ0n) is 10.2. The van der Waals surface area contributed by atoms with Crippen molar-refractivity contribution in [1.29, 1.82) is 0 Å². The van der Waals surface area contributed by atoms with Crippen molar-refractivity contribution >= 4 is 17.3 Å². The summed E-state index contributed by atoms with van der Waals surface area (Å²) in [6.07, 6.45) is 0. The number of halogens is 1. The zero-order valence-corrected chi connectivity index (χ0v) is 10.2. The molecule has 0 unspecified atom stereocenters. The van der Waals surface area contributed by atoms with E-state index in [0.717, 1.165) is 12.1 Å². The van der Waals surface area contributed by atoms with Gasteiger partial charge >= 0.3 is 5.97 Å². The van der Waals surface area contributed by atoms with Crippen LogP contribution >= 0.6 is 0 Å². The minimum absolute atomic E-state index is 0.00921. The first kappa shape index (κ1) is 14.8. The second kappa shape index (κ2) is 6.64. The number of ether oxygens (including phenoxy) is 1. The van der Waals surface area contributed by atoms with Gasteiger partial charge in [0, 0.05) is 19.7 Å². The number of hydrogen-bond acceptors (Lipinski definition) is 5. The van der Waals surface area contributed by atoms with Crippen LogP contribution in [0.3, 0.4) is 0 Å². The van der Waals surface area contributed by atoms with Gasteiger partial charge in [-0.25, -0.2) is 4.39 Å². The number of nitro groups is 1. The highest BCUT2D eigenvalue weighted by atomic mass is 19.1. The molecule has 1 aromatic carbocycles. The Morgan fingerprint density at radius 1 is 1.58 bits per heavy atom. The fourth-order valence-corrected chi connectivity index (χ4v) is 1.52. The van der Waals surface area contributed by atoms with Crippen LogP contribution in [-0.2, 0) is 9.53 Å². The first-order valence-electron chi connectivity index (χ1n) is 5.35. The molecule has 1 N–H and O–H groups in total. The van der Waals surface area contributed by atoms with Crippen molar-refractivity contribution in [1.82, 2.24) is 0 Å². The lowest BCUT2D eigenvalue weighted by atomic mass is 10.2. The molecule has 19 heavy (non-hydrogen) atoms. The smallest absolute Gasteiger partial charge is 0.323 e. The van der Waals surface area contributed by atoms with Crippen LogP contribution in [0, 0.1) is 15.9 Å². The Morgan fingerprint density at radius 2 is 2.26 bits per heavy atom. The van der Waals surface area contributed by atoms with E-state index in [0.29, 0.717) is 0 Å². The number of aliphatic carboxylic acids is 1. The summed E-state index contributed by atoms with van der Waals surface area (Å²) in [7, 11) is 1.44. The van der Waals surface area contributed by atoms with Crippen molar-refractivity contribution in [3.05, 3.63) is 34.1 Å². The summed E-state index contributed by atoms with van der Waals surface area (Å²) >= 11 is 0. The van der Waals surface area contributed by atoms with Gasteiger partial charge in [0.1, 0.15) is 6.54 Å². The number of non-ortho nitro benzene ring substituents is 1. The van der Waals surface area contributed by atoms with E-state index in [4.69, 9.17) is 9.84 Å². The summed E-state index contributed by atoms with van der Waals surface area (Å²) in [5.74, 6) is -1.97. The molecule has 7 nitrogen and oxygen atoms in total. The molecule has 0 saturated heterocycles. The number of carboxylic acid groups (broad SMARTS) is 1. The average molecular weight is 272 g/mol. The SMILES string of the molecule is COCCN(CC(=O)O)c1ccc([N+](=O)[O-])cc1F. The molecule has 0 heterocycles. The van der Waals surface area contributed by atoms with Gasteiger partial charge in [-0.1, -0.05) is 0 Å². The maximum Gasteiger partial charge on any atom is 0.323 e. The Morgan fingerprint density at radius 3 is 2.74 bits per heavy atom. The van der Waals surface area contributed by atoms with Gasteiger partial charge in [0.05, 0.1) is 23.3 Å². The van der Waals surface area contributed by atoms with Crippen LogP contribution in [0.4, 0.5) is 15.8 Å². The second-order valence-corrected chi connectivity index (χ2v) is 3.70. The molecule has 0 aromatic heterocycles. The van der Waals surface area contributed by atoms with Crippen LogP contribution in [0.5, 0.6) is 0 Å². The van der Waals surface area contributed by atoms with Crippen molar-refractivity contribution < 1.29 is 24.0 Å².